The number of rotatable bonds is 7. The number of carboxylic acids is 1. The second-order valence-corrected chi connectivity index (χ2v) is 2.85. The van der Waals surface area contributed by atoms with E-state index >= 15 is 0 Å². The van der Waals surface area contributed by atoms with E-state index in [-0.39, 0.29) is 31.8 Å². The van der Waals surface area contributed by atoms with Gasteiger partial charge >= 0.3 is 0 Å². The van der Waals surface area contributed by atoms with Crippen molar-refractivity contribution in [3.05, 3.63) is 0 Å². The van der Waals surface area contributed by atoms with Gasteiger partial charge in [-0.3, -0.25) is 9.59 Å². The zero-order valence-electron chi connectivity index (χ0n) is 8.38. The van der Waals surface area contributed by atoms with E-state index in [4.69, 9.17) is 0 Å². The second kappa shape index (κ2) is 7.74. The summed E-state index contributed by atoms with van der Waals surface area (Å²) < 4.78 is 0. The molecule has 0 aromatic carbocycles. The van der Waals surface area contributed by atoms with Crippen LogP contribution in [-0.4, -0.2) is 37.4 Å². The first-order valence-corrected chi connectivity index (χ1v) is 4.58. The van der Waals surface area contributed by atoms with Crippen molar-refractivity contribution in [1.29, 1.82) is 0 Å². The zero-order chi connectivity index (χ0) is 11.7. The van der Waals surface area contributed by atoms with E-state index in [2.05, 4.69) is 16.4 Å². The minimum absolute atomic E-state index is 0.00632. The fraction of sp³-hybridized carbons (Fsp3) is 0.625. The molecule has 0 spiro atoms. The lowest BCUT2D eigenvalue weighted by atomic mass is 10.4. The van der Waals surface area contributed by atoms with E-state index in [1.54, 1.807) is 0 Å². The van der Waals surface area contributed by atoms with Crippen molar-refractivity contribution >= 4 is 17.8 Å². The molecule has 0 bridgehead atoms. The van der Waals surface area contributed by atoms with Crippen LogP contribution in [0.5, 0.6) is 0 Å². The van der Waals surface area contributed by atoms with Crippen LogP contribution >= 0.6 is 0 Å². The number of carbonyl (C=O) groups excluding carboxylic acids is 3. The van der Waals surface area contributed by atoms with Crippen LogP contribution in [-0.2, 0) is 14.4 Å². The summed E-state index contributed by atoms with van der Waals surface area (Å²) in [5.41, 5.74) is 3.49. The van der Waals surface area contributed by atoms with Gasteiger partial charge in [0.15, 0.2) is 0 Å². The van der Waals surface area contributed by atoms with Gasteiger partial charge in [0.2, 0.25) is 11.8 Å². The van der Waals surface area contributed by atoms with Crippen molar-refractivity contribution in [2.45, 2.75) is 12.8 Å². The molecule has 7 nitrogen and oxygen atoms in total. The fourth-order valence-electron chi connectivity index (χ4n) is 0.794. The Bertz CT molecular complexity index is 242. The van der Waals surface area contributed by atoms with Gasteiger partial charge in [0.1, 0.15) is 0 Å². The molecule has 0 radical (unpaired) electrons. The van der Waals surface area contributed by atoms with Crippen molar-refractivity contribution in [2.24, 2.45) is 0 Å². The summed E-state index contributed by atoms with van der Waals surface area (Å²) in [4.78, 5) is 31.9. The molecule has 2 amide bonds. The number of quaternary nitrogens is 1. The van der Waals surface area contributed by atoms with E-state index in [1.807, 2.05) is 0 Å². The van der Waals surface area contributed by atoms with Gasteiger partial charge in [-0.15, -0.1) is 0 Å². The topological polar surface area (TPSA) is 126 Å². The maximum Gasteiger partial charge on any atom is 0.239 e. The van der Waals surface area contributed by atoms with E-state index < -0.39 is 11.9 Å². The normalized spacial score (nSPS) is 9.40. The Labute approximate surface area is 87.0 Å². The van der Waals surface area contributed by atoms with Crippen LogP contribution in [0.15, 0.2) is 0 Å². The molecule has 0 aromatic heterocycles. The Morgan fingerprint density at radius 2 is 1.73 bits per heavy atom. The van der Waals surface area contributed by atoms with E-state index in [0.717, 1.165) is 0 Å². The molecule has 0 aliphatic rings. The number of hydrogen-bond acceptors (Lipinski definition) is 4. The Hall–Kier alpha value is -1.63. The second-order valence-electron chi connectivity index (χ2n) is 2.85. The first-order valence-electron chi connectivity index (χ1n) is 4.58. The standard InChI is InChI=1S/C8H15N3O4/c9-3-1-6(12)11-5-7(13)10-4-2-8(14)15/h1-5,9H2,(H,10,13)(H,11,12)(H,14,15). The van der Waals surface area contributed by atoms with Gasteiger partial charge in [-0.1, -0.05) is 0 Å². The highest BCUT2D eigenvalue weighted by Gasteiger charge is 2.04. The Kier molecular flexibility index (Phi) is 6.90. The number of carbonyl (C=O) groups is 3. The van der Waals surface area contributed by atoms with Crippen molar-refractivity contribution in [3.63, 3.8) is 0 Å². The Morgan fingerprint density at radius 1 is 1.07 bits per heavy atom. The molecule has 7 heteroatoms. The molecule has 0 unspecified atom stereocenters. The van der Waals surface area contributed by atoms with Crippen LogP contribution < -0.4 is 21.5 Å². The number of amides is 2. The van der Waals surface area contributed by atoms with Crippen molar-refractivity contribution in [3.8, 4) is 0 Å². The van der Waals surface area contributed by atoms with Gasteiger partial charge < -0.3 is 26.3 Å². The third-order valence-corrected chi connectivity index (χ3v) is 1.50. The Morgan fingerprint density at radius 3 is 2.27 bits per heavy atom. The summed E-state index contributed by atoms with van der Waals surface area (Å²) in [5.74, 6) is -1.90. The lowest BCUT2D eigenvalue weighted by molar-refractivity contribution is -0.366. The van der Waals surface area contributed by atoms with Crippen LogP contribution in [0.3, 0.4) is 0 Å². The summed E-state index contributed by atoms with van der Waals surface area (Å²) in [7, 11) is 0. The number of aliphatic carboxylic acids is 1. The molecule has 0 atom stereocenters. The highest BCUT2D eigenvalue weighted by molar-refractivity contribution is 5.84. The van der Waals surface area contributed by atoms with Gasteiger partial charge in [0.25, 0.3) is 0 Å². The molecule has 0 aliphatic carbocycles. The molecule has 0 aliphatic heterocycles. The van der Waals surface area contributed by atoms with Crippen LogP contribution in [0.1, 0.15) is 12.8 Å². The quantitative estimate of drug-likeness (QED) is 0.401. The first-order chi connectivity index (χ1) is 7.06. The minimum atomic E-state index is -1.23. The third kappa shape index (κ3) is 8.69. The predicted octanol–water partition coefficient (Wildman–Crippen LogP) is -4.01. The molecule has 5 N–H and O–H groups in total. The van der Waals surface area contributed by atoms with Gasteiger partial charge in [-0.25, -0.2) is 0 Å². The summed E-state index contributed by atoms with van der Waals surface area (Å²) in [6, 6.07) is 0. The molecular weight excluding hydrogens is 202 g/mol. The molecule has 0 fully saturated rings. The summed E-state index contributed by atoms with van der Waals surface area (Å²) >= 11 is 0. The van der Waals surface area contributed by atoms with E-state index in [1.165, 1.54) is 0 Å². The molecule has 0 heterocycles. The number of nitrogens with one attached hydrogen (secondary N) is 2. The monoisotopic (exact) mass is 217 g/mol. The molecule has 86 valence electrons. The summed E-state index contributed by atoms with van der Waals surface area (Å²) in [6.07, 6.45) is 0.0326. The van der Waals surface area contributed by atoms with Gasteiger partial charge in [0, 0.05) is 18.9 Å². The highest BCUT2D eigenvalue weighted by atomic mass is 16.4. The van der Waals surface area contributed by atoms with E-state index in [0.29, 0.717) is 6.54 Å². The maximum atomic E-state index is 11.0. The van der Waals surface area contributed by atoms with Gasteiger partial charge in [-0.05, 0) is 0 Å². The number of hydrogen-bond donors (Lipinski definition) is 3. The largest absolute Gasteiger partial charge is 0.550 e. The molecule has 0 saturated heterocycles. The molecule has 0 aromatic rings. The Balaban J connectivity index is 3.49. The van der Waals surface area contributed by atoms with Crippen molar-refractivity contribution in [2.75, 3.05) is 19.6 Å². The number of carboxylic acid groups (broad SMARTS) is 1. The van der Waals surface area contributed by atoms with Crippen molar-refractivity contribution < 1.29 is 25.2 Å². The molecule has 15 heavy (non-hydrogen) atoms. The fourth-order valence-corrected chi connectivity index (χ4v) is 0.794. The predicted molar refractivity (Wildman–Crippen MR) is 48.0 cm³/mol. The minimum Gasteiger partial charge on any atom is -0.550 e. The van der Waals surface area contributed by atoms with Crippen LogP contribution in [0.4, 0.5) is 0 Å². The zero-order valence-corrected chi connectivity index (χ0v) is 8.38. The lowest BCUT2D eigenvalue weighted by Gasteiger charge is -2.06. The van der Waals surface area contributed by atoms with Gasteiger partial charge in [0.05, 0.1) is 19.5 Å². The summed E-state index contributed by atoms with van der Waals surface area (Å²) in [6.45, 7) is 0.330. The van der Waals surface area contributed by atoms with Crippen LogP contribution in [0, 0.1) is 0 Å². The molecule has 0 rings (SSSR count). The van der Waals surface area contributed by atoms with E-state index in [9.17, 15) is 19.5 Å². The van der Waals surface area contributed by atoms with Crippen molar-refractivity contribution in [1.82, 2.24) is 10.6 Å². The van der Waals surface area contributed by atoms with Crippen LogP contribution in [0.25, 0.3) is 0 Å². The smallest absolute Gasteiger partial charge is 0.239 e. The average molecular weight is 217 g/mol. The maximum absolute atomic E-state index is 11.0. The molecular formula is C8H15N3O4. The third-order valence-electron chi connectivity index (χ3n) is 1.50. The van der Waals surface area contributed by atoms with Gasteiger partial charge in [-0.2, -0.15) is 0 Å². The SMILES string of the molecule is [NH3+]CCC(=O)NCC(=O)NCCC(=O)[O-]. The first kappa shape index (κ1) is 13.4. The average Bonchev–Trinajstić information content (AvgIpc) is 2.14. The summed E-state index contributed by atoms with van der Waals surface area (Å²) in [5, 5.41) is 14.7. The highest BCUT2D eigenvalue weighted by Crippen LogP contribution is 1.75. The molecule has 0 saturated carbocycles. The van der Waals surface area contributed by atoms with Crippen LogP contribution in [0.2, 0.25) is 0 Å². The lowest BCUT2D eigenvalue weighted by Crippen LogP contribution is -2.52.